The first kappa shape index (κ1) is 22.5. The van der Waals surface area contributed by atoms with Gasteiger partial charge in [-0.15, -0.1) is 0 Å². The number of aliphatic imine (C=N–C) groups is 1. The monoisotopic (exact) mass is 448 g/mol. The molecule has 2 aliphatic heterocycles. The smallest absolute Gasteiger partial charge is 0.292 e. The highest BCUT2D eigenvalue weighted by Crippen LogP contribution is 2.20. The Morgan fingerprint density at radius 2 is 1.88 bits per heavy atom. The second-order valence-electron chi connectivity index (χ2n) is 8.47. The second kappa shape index (κ2) is 9.83. The maximum Gasteiger partial charge on any atom is 0.292 e. The zero-order valence-electron chi connectivity index (χ0n) is 18.6. The number of amides is 3. The Bertz CT molecular complexity index is 1060. The summed E-state index contributed by atoms with van der Waals surface area (Å²) in [5, 5.41) is 4.15. The van der Waals surface area contributed by atoms with Crippen LogP contribution < -0.4 is 21.5 Å². The van der Waals surface area contributed by atoms with E-state index in [0.717, 1.165) is 37.1 Å². The van der Waals surface area contributed by atoms with Crippen LogP contribution in [0.1, 0.15) is 24.0 Å². The fourth-order valence-electron chi connectivity index (χ4n) is 4.02. The molecule has 0 aromatic heterocycles. The van der Waals surface area contributed by atoms with Crippen molar-refractivity contribution in [3.05, 3.63) is 59.7 Å². The zero-order valence-corrected chi connectivity index (χ0v) is 18.6. The average molecular weight is 449 g/mol. The summed E-state index contributed by atoms with van der Waals surface area (Å²) in [6.07, 6.45) is 1.81. The summed E-state index contributed by atoms with van der Waals surface area (Å²) in [7, 11) is 0. The van der Waals surface area contributed by atoms with Crippen LogP contribution in [0.15, 0.2) is 53.5 Å². The van der Waals surface area contributed by atoms with E-state index < -0.39 is 5.91 Å². The predicted octanol–water partition coefficient (Wildman–Crippen LogP) is 1.58. The highest BCUT2D eigenvalue weighted by atomic mass is 16.2. The van der Waals surface area contributed by atoms with Crippen LogP contribution in [0.2, 0.25) is 0 Å². The number of carbonyl (C=O) groups excluding carboxylic acids is 3. The van der Waals surface area contributed by atoms with Gasteiger partial charge in [0.05, 0.1) is 11.6 Å². The number of aryl methyl sites for hydroxylation is 1. The molecule has 9 nitrogen and oxygen atoms in total. The first-order chi connectivity index (χ1) is 15.9. The van der Waals surface area contributed by atoms with Crippen molar-refractivity contribution in [3.63, 3.8) is 0 Å². The van der Waals surface area contributed by atoms with Crippen molar-refractivity contribution >= 4 is 34.9 Å². The lowest BCUT2D eigenvalue weighted by Crippen LogP contribution is -2.54. The van der Waals surface area contributed by atoms with Gasteiger partial charge in [-0.25, -0.2) is 5.01 Å². The summed E-state index contributed by atoms with van der Waals surface area (Å²) in [6, 6.07) is 15.0. The number of carbonyl (C=O) groups is 3. The summed E-state index contributed by atoms with van der Waals surface area (Å²) < 4.78 is 0. The summed E-state index contributed by atoms with van der Waals surface area (Å²) in [4.78, 5) is 42.8. The van der Waals surface area contributed by atoms with E-state index in [4.69, 9.17) is 5.73 Å². The number of anilines is 2. The number of benzene rings is 2. The van der Waals surface area contributed by atoms with E-state index in [9.17, 15) is 14.4 Å². The molecule has 2 aliphatic rings. The molecular formula is C24H28N6O3. The SMILES string of the molecule is Cc1ccc(N2NC(C(=O)Nc3ccc(CN4CCCC(C(N)=O)C4)cc3)=NCC2=O)cc1. The third kappa shape index (κ3) is 5.56. The molecule has 0 radical (unpaired) electrons. The minimum Gasteiger partial charge on any atom is -0.369 e. The molecule has 4 rings (SSSR count). The van der Waals surface area contributed by atoms with Crippen LogP contribution in [-0.4, -0.2) is 48.1 Å². The molecule has 1 atom stereocenters. The molecular weight excluding hydrogens is 420 g/mol. The van der Waals surface area contributed by atoms with E-state index in [1.807, 2.05) is 55.5 Å². The molecule has 2 heterocycles. The number of nitrogens with zero attached hydrogens (tertiary/aromatic N) is 3. The molecule has 1 saturated heterocycles. The quantitative estimate of drug-likeness (QED) is 0.620. The molecule has 2 aromatic carbocycles. The van der Waals surface area contributed by atoms with Crippen LogP contribution in [0.4, 0.5) is 11.4 Å². The Morgan fingerprint density at radius 1 is 1.15 bits per heavy atom. The van der Waals surface area contributed by atoms with Crippen molar-refractivity contribution in [3.8, 4) is 0 Å². The third-order valence-corrected chi connectivity index (χ3v) is 5.87. The maximum atomic E-state index is 12.7. The number of hydrogen-bond acceptors (Lipinski definition) is 6. The van der Waals surface area contributed by atoms with Crippen molar-refractivity contribution in [2.45, 2.75) is 26.3 Å². The summed E-state index contributed by atoms with van der Waals surface area (Å²) in [5.74, 6) is -0.916. The first-order valence-electron chi connectivity index (χ1n) is 11.0. The number of hydrazine groups is 1. The van der Waals surface area contributed by atoms with Gasteiger partial charge in [-0.1, -0.05) is 29.8 Å². The average Bonchev–Trinajstić information content (AvgIpc) is 2.81. The van der Waals surface area contributed by atoms with Gasteiger partial charge in [0, 0.05) is 18.8 Å². The first-order valence-corrected chi connectivity index (χ1v) is 11.0. The molecule has 0 aliphatic carbocycles. The number of rotatable bonds is 6. The van der Waals surface area contributed by atoms with E-state index in [-0.39, 0.29) is 30.1 Å². The van der Waals surface area contributed by atoms with Crippen molar-refractivity contribution in [1.29, 1.82) is 0 Å². The summed E-state index contributed by atoms with van der Waals surface area (Å²) in [5.41, 5.74) is 11.7. The minimum atomic E-state index is -0.423. The molecule has 4 N–H and O–H groups in total. The van der Waals surface area contributed by atoms with Gasteiger partial charge in [0.1, 0.15) is 6.54 Å². The van der Waals surface area contributed by atoms with Crippen LogP contribution in [0.25, 0.3) is 0 Å². The van der Waals surface area contributed by atoms with Crippen LogP contribution >= 0.6 is 0 Å². The highest BCUT2D eigenvalue weighted by molar-refractivity contribution is 6.43. The second-order valence-corrected chi connectivity index (χ2v) is 8.47. The van der Waals surface area contributed by atoms with Crippen molar-refractivity contribution in [1.82, 2.24) is 10.3 Å². The molecule has 1 unspecified atom stereocenters. The minimum absolute atomic E-state index is 0.0741. The Morgan fingerprint density at radius 3 is 2.58 bits per heavy atom. The van der Waals surface area contributed by atoms with Crippen LogP contribution in [0.3, 0.4) is 0 Å². The highest BCUT2D eigenvalue weighted by Gasteiger charge is 2.26. The molecule has 2 aromatic rings. The van der Waals surface area contributed by atoms with E-state index in [2.05, 4.69) is 20.6 Å². The number of primary amides is 1. The van der Waals surface area contributed by atoms with Gasteiger partial charge in [0.15, 0.2) is 0 Å². The number of likely N-dealkylation sites (tertiary alicyclic amines) is 1. The van der Waals surface area contributed by atoms with Gasteiger partial charge in [0.2, 0.25) is 11.7 Å². The van der Waals surface area contributed by atoms with Gasteiger partial charge in [-0.2, -0.15) is 0 Å². The standard InChI is InChI=1S/C24H28N6O3/c1-16-4-10-20(11-5-16)30-21(31)13-26-23(28-30)24(33)27-19-8-6-17(7-9-19)14-29-12-2-3-18(15-29)22(25)32/h4-11,18H,2-3,12-15H2,1H3,(H2,25,32)(H,26,28)(H,27,33). The molecule has 172 valence electrons. The van der Waals surface area contributed by atoms with Crippen LogP contribution in [0.5, 0.6) is 0 Å². The van der Waals surface area contributed by atoms with Gasteiger partial charge in [-0.3, -0.25) is 29.7 Å². The van der Waals surface area contributed by atoms with E-state index >= 15 is 0 Å². The number of piperidine rings is 1. The molecule has 0 spiro atoms. The van der Waals surface area contributed by atoms with Crippen molar-refractivity contribution in [2.75, 3.05) is 30.0 Å². The molecule has 1 fully saturated rings. The van der Waals surface area contributed by atoms with Gasteiger partial charge in [-0.05, 0) is 56.1 Å². The van der Waals surface area contributed by atoms with Gasteiger partial charge < -0.3 is 11.1 Å². The lowest BCUT2D eigenvalue weighted by Gasteiger charge is -2.31. The summed E-state index contributed by atoms with van der Waals surface area (Å²) in [6.45, 7) is 4.19. The molecule has 3 amide bonds. The zero-order chi connectivity index (χ0) is 23.4. The van der Waals surface area contributed by atoms with Gasteiger partial charge in [0.25, 0.3) is 11.8 Å². The van der Waals surface area contributed by atoms with E-state index in [0.29, 0.717) is 17.9 Å². The number of hydrogen-bond donors (Lipinski definition) is 3. The topological polar surface area (TPSA) is 120 Å². The van der Waals surface area contributed by atoms with E-state index in [1.165, 1.54) is 5.01 Å². The molecule has 9 heteroatoms. The Balaban J connectivity index is 1.35. The lowest BCUT2D eigenvalue weighted by atomic mass is 9.97. The van der Waals surface area contributed by atoms with Crippen LogP contribution in [-0.2, 0) is 20.9 Å². The van der Waals surface area contributed by atoms with Crippen molar-refractivity contribution < 1.29 is 14.4 Å². The largest absolute Gasteiger partial charge is 0.369 e. The fourth-order valence-corrected chi connectivity index (χ4v) is 4.02. The molecule has 0 saturated carbocycles. The number of nitrogens with one attached hydrogen (secondary N) is 2. The number of amidine groups is 1. The molecule has 0 bridgehead atoms. The van der Waals surface area contributed by atoms with Gasteiger partial charge >= 0.3 is 0 Å². The Kier molecular flexibility index (Phi) is 6.69. The number of nitrogens with two attached hydrogens (primary N) is 1. The normalized spacial score (nSPS) is 18.9. The van der Waals surface area contributed by atoms with E-state index in [1.54, 1.807) is 0 Å². The Hall–Kier alpha value is -3.72. The summed E-state index contributed by atoms with van der Waals surface area (Å²) >= 11 is 0. The Labute approximate surface area is 192 Å². The molecule has 33 heavy (non-hydrogen) atoms. The fraction of sp³-hybridized carbons (Fsp3) is 0.333. The lowest BCUT2D eigenvalue weighted by molar-refractivity contribution is -0.123. The maximum absolute atomic E-state index is 12.7. The predicted molar refractivity (Wildman–Crippen MR) is 126 cm³/mol. The third-order valence-electron chi connectivity index (χ3n) is 5.87. The van der Waals surface area contributed by atoms with Crippen molar-refractivity contribution in [2.24, 2.45) is 16.6 Å². The van der Waals surface area contributed by atoms with Crippen LogP contribution in [0, 0.1) is 12.8 Å².